The SMILES string of the molecule is O=C(O)c1ccc(C(=O)OC(Br)(Br)c2ccc(Br)c(Br)c2Br)cc1. The van der Waals surface area contributed by atoms with Crippen molar-refractivity contribution in [3.8, 4) is 0 Å². The number of carboxylic acid groups (broad SMARTS) is 1. The first kappa shape index (κ1) is 20.1. The lowest BCUT2D eigenvalue weighted by Gasteiger charge is -2.23. The second kappa shape index (κ2) is 7.99. The number of benzene rings is 2. The van der Waals surface area contributed by atoms with E-state index in [0.29, 0.717) is 10.0 Å². The van der Waals surface area contributed by atoms with Crippen molar-refractivity contribution in [3.05, 3.63) is 66.5 Å². The maximum absolute atomic E-state index is 12.3. The van der Waals surface area contributed by atoms with Gasteiger partial charge in [-0.1, -0.05) is 6.07 Å². The number of carbonyl (C=O) groups is 2. The molecule has 0 aliphatic heterocycles. The van der Waals surface area contributed by atoms with Gasteiger partial charge in [0.2, 0.25) is 3.42 Å². The summed E-state index contributed by atoms with van der Waals surface area (Å²) in [5.41, 5.74) is 0.957. The molecule has 0 amide bonds. The Kier molecular flexibility index (Phi) is 6.69. The number of hydrogen-bond acceptors (Lipinski definition) is 3. The maximum atomic E-state index is 12.3. The van der Waals surface area contributed by atoms with Crippen LogP contribution in [0.2, 0.25) is 0 Å². The first-order chi connectivity index (χ1) is 11.1. The Labute approximate surface area is 179 Å². The maximum Gasteiger partial charge on any atom is 0.340 e. The number of carboxylic acids is 1. The van der Waals surface area contributed by atoms with E-state index in [4.69, 9.17) is 9.84 Å². The van der Waals surface area contributed by atoms with Crippen LogP contribution in [0.3, 0.4) is 0 Å². The Morgan fingerprint density at radius 3 is 1.96 bits per heavy atom. The summed E-state index contributed by atoms with van der Waals surface area (Å²) in [7, 11) is 0. The summed E-state index contributed by atoms with van der Waals surface area (Å²) < 4.78 is 6.51. The molecule has 0 unspecified atom stereocenters. The fraction of sp³-hybridized carbons (Fsp3) is 0.0667. The van der Waals surface area contributed by atoms with Crippen molar-refractivity contribution in [1.82, 2.24) is 0 Å². The molecule has 0 saturated heterocycles. The largest absolute Gasteiger partial charge is 0.478 e. The van der Waals surface area contributed by atoms with Gasteiger partial charge in [-0.05, 0) is 110 Å². The van der Waals surface area contributed by atoms with Crippen molar-refractivity contribution < 1.29 is 19.4 Å². The topological polar surface area (TPSA) is 63.6 Å². The molecule has 2 aromatic rings. The summed E-state index contributed by atoms with van der Waals surface area (Å²) in [5, 5.41) is 8.88. The molecule has 0 aliphatic carbocycles. The number of alkyl halides is 2. The summed E-state index contributed by atoms with van der Waals surface area (Å²) in [4.78, 5) is 23.2. The third-order valence-corrected chi connectivity index (χ3v) is 7.49. The third kappa shape index (κ3) is 4.49. The predicted molar refractivity (Wildman–Crippen MR) is 108 cm³/mol. The first-order valence-electron chi connectivity index (χ1n) is 6.22. The molecule has 0 aliphatic rings. The zero-order valence-corrected chi connectivity index (χ0v) is 19.5. The van der Waals surface area contributed by atoms with Gasteiger partial charge in [0.05, 0.1) is 11.1 Å². The molecular formula is C15H7Br5O4. The molecule has 2 rings (SSSR count). The number of ether oxygens (including phenoxy) is 1. The van der Waals surface area contributed by atoms with Crippen molar-refractivity contribution >= 4 is 91.6 Å². The van der Waals surface area contributed by atoms with Crippen molar-refractivity contribution in [2.24, 2.45) is 0 Å². The van der Waals surface area contributed by atoms with Crippen molar-refractivity contribution in [3.63, 3.8) is 0 Å². The fourth-order valence-corrected chi connectivity index (χ4v) is 4.78. The molecule has 0 saturated carbocycles. The van der Waals surface area contributed by atoms with Crippen LogP contribution in [0.5, 0.6) is 0 Å². The number of carbonyl (C=O) groups excluding carboxylic acids is 1. The molecule has 0 radical (unpaired) electrons. The average molecular weight is 651 g/mol. The molecule has 0 aromatic heterocycles. The summed E-state index contributed by atoms with van der Waals surface area (Å²) in [5.74, 6) is -1.68. The van der Waals surface area contributed by atoms with E-state index in [9.17, 15) is 9.59 Å². The van der Waals surface area contributed by atoms with E-state index in [2.05, 4.69) is 79.6 Å². The van der Waals surface area contributed by atoms with Crippen LogP contribution in [0.1, 0.15) is 26.3 Å². The Balaban J connectivity index is 2.27. The molecule has 24 heavy (non-hydrogen) atoms. The zero-order chi connectivity index (χ0) is 18.1. The van der Waals surface area contributed by atoms with Crippen LogP contribution in [-0.2, 0) is 8.16 Å². The minimum atomic E-state index is -1.26. The summed E-state index contributed by atoms with van der Waals surface area (Å²) in [6.45, 7) is 0. The van der Waals surface area contributed by atoms with Gasteiger partial charge in [-0.3, -0.25) is 0 Å². The smallest absolute Gasteiger partial charge is 0.340 e. The molecule has 0 heterocycles. The molecule has 1 N–H and O–H groups in total. The highest BCUT2D eigenvalue weighted by Crippen LogP contribution is 2.46. The van der Waals surface area contributed by atoms with E-state index in [-0.39, 0.29) is 11.1 Å². The fourth-order valence-electron chi connectivity index (χ4n) is 1.73. The van der Waals surface area contributed by atoms with Gasteiger partial charge in [0.1, 0.15) is 0 Å². The molecule has 9 heteroatoms. The highest BCUT2D eigenvalue weighted by molar-refractivity contribution is 9.24. The molecule has 0 atom stereocenters. The van der Waals surface area contributed by atoms with E-state index in [1.165, 1.54) is 24.3 Å². The van der Waals surface area contributed by atoms with Gasteiger partial charge < -0.3 is 9.84 Å². The Bertz CT molecular complexity index is 802. The monoisotopic (exact) mass is 646 g/mol. The highest BCUT2D eigenvalue weighted by atomic mass is 79.9. The van der Waals surface area contributed by atoms with Crippen molar-refractivity contribution in [2.75, 3.05) is 0 Å². The Hall–Kier alpha value is -0.220. The normalized spacial score (nSPS) is 11.2. The molecule has 0 bridgehead atoms. The summed E-state index contributed by atoms with van der Waals surface area (Å²) in [6.07, 6.45) is 0. The predicted octanol–water partition coefficient (Wildman–Crippen LogP) is 6.43. The Morgan fingerprint density at radius 1 is 0.875 bits per heavy atom. The van der Waals surface area contributed by atoms with Crippen LogP contribution in [0, 0.1) is 0 Å². The van der Waals surface area contributed by atoms with Crippen LogP contribution in [-0.4, -0.2) is 17.0 Å². The third-order valence-electron chi connectivity index (χ3n) is 2.94. The minimum absolute atomic E-state index is 0.0927. The van der Waals surface area contributed by atoms with Crippen molar-refractivity contribution in [1.29, 1.82) is 0 Å². The number of rotatable bonds is 4. The van der Waals surface area contributed by atoms with Gasteiger partial charge in [0, 0.05) is 19.0 Å². The molecule has 0 fully saturated rings. The molecule has 0 spiro atoms. The van der Waals surface area contributed by atoms with E-state index in [0.717, 1.165) is 8.95 Å². The highest BCUT2D eigenvalue weighted by Gasteiger charge is 2.33. The van der Waals surface area contributed by atoms with Gasteiger partial charge in [-0.2, -0.15) is 0 Å². The van der Waals surface area contributed by atoms with Crippen LogP contribution in [0.15, 0.2) is 49.8 Å². The zero-order valence-electron chi connectivity index (χ0n) is 11.5. The van der Waals surface area contributed by atoms with E-state index in [1.54, 1.807) is 12.1 Å². The van der Waals surface area contributed by atoms with Gasteiger partial charge in [0.25, 0.3) is 0 Å². The molecule has 2 aromatic carbocycles. The van der Waals surface area contributed by atoms with E-state index >= 15 is 0 Å². The lowest BCUT2D eigenvalue weighted by molar-refractivity contribution is 0.0421. The summed E-state index contributed by atoms with van der Waals surface area (Å²) in [6, 6.07) is 9.05. The van der Waals surface area contributed by atoms with E-state index < -0.39 is 15.4 Å². The van der Waals surface area contributed by atoms with Crippen LogP contribution in [0.4, 0.5) is 0 Å². The second-order valence-corrected chi connectivity index (χ2v) is 10.2. The molecule has 126 valence electrons. The van der Waals surface area contributed by atoms with Crippen LogP contribution >= 0.6 is 79.6 Å². The second-order valence-electron chi connectivity index (χ2n) is 4.51. The lowest BCUT2D eigenvalue weighted by atomic mass is 10.1. The number of halogens is 5. The number of esters is 1. The van der Waals surface area contributed by atoms with Crippen LogP contribution < -0.4 is 0 Å². The van der Waals surface area contributed by atoms with Crippen molar-refractivity contribution in [2.45, 2.75) is 3.42 Å². The van der Waals surface area contributed by atoms with Gasteiger partial charge in [-0.15, -0.1) is 0 Å². The van der Waals surface area contributed by atoms with Crippen LogP contribution in [0.25, 0.3) is 0 Å². The van der Waals surface area contributed by atoms with E-state index in [1.807, 2.05) is 0 Å². The number of hydrogen-bond donors (Lipinski definition) is 1. The molecular weight excluding hydrogens is 644 g/mol. The van der Waals surface area contributed by atoms with Gasteiger partial charge in [-0.25, -0.2) is 9.59 Å². The van der Waals surface area contributed by atoms with Gasteiger partial charge >= 0.3 is 11.9 Å². The standard InChI is InChI=1S/C15H7Br5O4/c16-10-6-5-9(11(17)12(10)18)15(19,20)24-14(23)8-3-1-7(2-4-8)13(21)22/h1-6H,(H,21,22). The Morgan fingerprint density at radius 2 is 1.42 bits per heavy atom. The number of aromatic carboxylic acids is 1. The van der Waals surface area contributed by atoms with Gasteiger partial charge in [0.15, 0.2) is 0 Å². The minimum Gasteiger partial charge on any atom is -0.478 e. The lowest BCUT2D eigenvalue weighted by Crippen LogP contribution is -2.20. The quantitative estimate of drug-likeness (QED) is 0.236. The first-order valence-corrected chi connectivity index (χ1v) is 10.2. The summed E-state index contributed by atoms with van der Waals surface area (Å²) >= 11 is 17.0. The average Bonchev–Trinajstić information content (AvgIpc) is 2.52. The molecule has 4 nitrogen and oxygen atoms in total.